The number of ether oxygens (including phenoxy) is 12. The van der Waals surface area contributed by atoms with E-state index in [2.05, 4.69) is 38.4 Å². The van der Waals surface area contributed by atoms with E-state index in [9.17, 15) is 9.59 Å². The molecule has 16 nitrogen and oxygen atoms in total. The second-order valence-corrected chi connectivity index (χ2v) is 19.7. The third kappa shape index (κ3) is 15.1. The largest absolute Gasteiger partial charge is 1.00 e. The average Bonchev–Trinajstić information content (AvgIpc) is 3.42. The van der Waals surface area contributed by atoms with Crippen molar-refractivity contribution in [1.82, 2.24) is 0 Å². The maximum atomic E-state index is 12.9. The number of unbranched alkanes of at least 4 members (excludes halogenated alkanes) is 3. The molecule has 0 radical (unpaired) electrons. The molecule has 2 aliphatic heterocycles. The van der Waals surface area contributed by atoms with Crippen LogP contribution in [0.4, 0.5) is 0 Å². The maximum Gasteiger partial charge on any atom is 0.305 e. The number of nitrogens with zero attached hydrogens (tertiary/aromatic N) is 2. The van der Waals surface area contributed by atoms with Gasteiger partial charge in [-0.25, -0.2) is 0 Å². The number of halogens is 2. The van der Waals surface area contributed by atoms with E-state index in [1.54, 1.807) is 71.1 Å². The minimum Gasteiger partial charge on any atom is -1.00 e. The van der Waals surface area contributed by atoms with Gasteiger partial charge in [0.1, 0.15) is 12.1 Å². The molecular weight excluding hydrogens is 1020 g/mol. The van der Waals surface area contributed by atoms with Crippen LogP contribution in [0.5, 0.6) is 57.5 Å². The second kappa shape index (κ2) is 29.7. The van der Waals surface area contributed by atoms with Crippen molar-refractivity contribution in [3.05, 3.63) is 81.9 Å². The molecule has 76 heavy (non-hydrogen) atoms. The molecule has 0 N–H and O–H groups in total. The summed E-state index contributed by atoms with van der Waals surface area (Å²) in [5.41, 5.74) is 6.97. The zero-order valence-corrected chi connectivity index (χ0v) is 48.4. The number of fused-ring (bicyclic) bond motifs is 2. The molecule has 0 bridgehead atoms. The van der Waals surface area contributed by atoms with Crippen LogP contribution in [0.25, 0.3) is 0 Å². The smallest absolute Gasteiger partial charge is 0.305 e. The molecule has 0 aliphatic carbocycles. The fraction of sp³-hybridized carbons (Fsp3) is 0.552. The maximum absolute atomic E-state index is 12.9. The van der Waals surface area contributed by atoms with Gasteiger partial charge in [0.25, 0.3) is 0 Å². The Hall–Kier alpha value is -5.68. The molecule has 0 saturated heterocycles. The van der Waals surface area contributed by atoms with E-state index in [0.29, 0.717) is 122 Å². The lowest BCUT2D eigenvalue weighted by Gasteiger charge is -2.46. The van der Waals surface area contributed by atoms with E-state index in [1.807, 2.05) is 24.3 Å². The van der Waals surface area contributed by atoms with Gasteiger partial charge in [-0.05, 0) is 83.6 Å². The highest BCUT2D eigenvalue weighted by Gasteiger charge is 2.42. The first kappa shape index (κ1) is 62.9. The van der Waals surface area contributed by atoms with Gasteiger partial charge < -0.3 is 90.6 Å². The van der Waals surface area contributed by atoms with Crippen LogP contribution in [0.2, 0.25) is 0 Å². The minimum atomic E-state index is -0.194. The van der Waals surface area contributed by atoms with E-state index in [1.165, 1.54) is 22.3 Å². The zero-order valence-electron chi connectivity index (χ0n) is 46.9. The Kier molecular flexibility index (Phi) is 24.6. The highest BCUT2D eigenvalue weighted by Crippen LogP contribution is 2.47. The monoisotopic (exact) mass is 1100 g/mol. The summed E-state index contributed by atoms with van der Waals surface area (Å²) in [6.07, 6.45) is 8.34. The van der Waals surface area contributed by atoms with Crippen molar-refractivity contribution in [1.29, 1.82) is 0 Å². The van der Waals surface area contributed by atoms with Gasteiger partial charge in [0.2, 0.25) is 11.5 Å². The number of carbonyl (C=O) groups is 2. The van der Waals surface area contributed by atoms with Crippen molar-refractivity contribution < 1.29 is 100 Å². The van der Waals surface area contributed by atoms with E-state index >= 15 is 0 Å². The number of hydrogen-bond acceptors (Lipinski definition) is 14. The Morgan fingerprint density at radius 2 is 0.737 bits per heavy atom. The Morgan fingerprint density at radius 1 is 0.421 bits per heavy atom. The number of esters is 2. The van der Waals surface area contributed by atoms with Gasteiger partial charge in [0.15, 0.2) is 46.0 Å². The Morgan fingerprint density at radius 3 is 1.04 bits per heavy atom. The molecule has 4 aromatic carbocycles. The number of quaternary nitrogens is 2. The Labute approximate surface area is 463 Å². The summed E-state index contributed by atoms with van der Waals surface area (Å²) < 4.78 is 70.0. The van der Waals surface area contributed by atoms with Gasteiger partial charge >= 0.3 is 11.9 Å². The first-order valence-corrected chi connectivity index (χ1v) is 25.8. The van der Waals surface area contributed by atoms with Gasteiger partial charge in [-0.3, -0.25) is 9.59 Å². The fourth-order valence-corrected chi connectivity index (χ4v) is 11.1. The number of methoxy groups -OCH3 is 10. The second-order valence-electron chi connectivity index (χ2n) is 19.7. The molecule has 4 atom stereocenters. The highest BCUT2D eigenvalue weighted by molar-refractivity contribution is 5.69. The molecule has 2 heterocycles. The zero-order chi connectivity index (χ0) is 53.4. The van der Waals surface area contributed by atoms with E-state index in [-0.39, 0.29) is 48.8 Å². The summed E-state index contributed by atoms with van der Waals surface area (Å²) >= 11 is 0. The van der Waals surface area contributed by atoms with Crippen molar-refractivity contribution >= 4 is 11.9 Å². The summed E-state index contributed by atoms with van der Waals surface area (Å²) in [5, 5.41) is 0. The third-order valence-electron chi connectivity index (χ3n) is 15.3. The lowest BCUT2D eigenvalue weighted by molar-refractivity contribution is -0.941. The number of benzene rings is 4. The summed E-state index contributed by atoms with van der Waals surface area (Å²) in [6, 6.07) is 16.6. The molecule has 0 spiro atoms. The lowest BCUT2D eigenvalue weighted by atomic mass is 9.86. The van der Waals surface area contributed by atoms with Crippen molar-refractivity contribution in [2.75, 3.05) is 125 Å². The first-order valence-electron chi connectivity index (χ1n) is 25.8. The molecule has 0 aromatic heterocycles. The van der Waals surface area contributed by atoms with E-state index in [0.717, 1.165) is 72.0 Å². The summed E-state index contributed by atoms with van der Waals surface area (Å²) in [7, 11) is 20.9. The van der Waals surface area contributed by atoms with Crippen LogP contribution in [0.15, 0.2) is 48.5 Å². The third-order valence-corrected chi connectivity index (χ3v) is 15.3. The van der Waals surface area contributed by atoms with Crippen LogP contribution in [-0.2, 0) is 44.7 Å². The van der Waals surface area contributed by atoms with Gasteiger partial charge in [-0.2, -0.15) is 0 Å². The van der Waals surface area contributed by atoms with Crippen LogP contribution >= 0.6 is 0 Å². The van der Waals surface area contributed by atoms with E-state index in [4.69, 9.17) is 56.8 Å². The molecule has 0 saturated carbocycles. The van der Waals surface area contributed by atoms with Crippen LogP contribution < -0.4 is 72.2 Å². The van der Waals surface area contributed by atoms with Crippen molar-refractivity contribution in [2.45, 2.75) is 89.1 Å². The highest BCUT2D eigenvalue weighted by atomic mass is 35.5. The van der Waals surface area contributed by atoms with Crippen LogP contribution in [0, 0.1) is 0 Å². The molecule has 6 rings (SSSR count). The summed E-state index contributed by atoms with van der Waals surface area (Å²) in [6.45, 7) is 4.11. The molecular formula is C58H82Cl2N2O14. The molecule has 422 valence electrons. The van der Waals surface area contributed by atoms with Crippen molar-refractivity contribution in [3.8, 4) is 57.5 Å². The summed E-state index contributed by atoms with van der Waals surface area (Å²) in [4.78, 5) is 25.8. The molecule has 18 heteroatoms. The normalized spacial score (nSPS) is 18.3. The molecule has 0 amide bonds. The fourth-order valence-electron chi connectivity index (χ4n) is 11.1. The van der Waals surface area contributed by atoms with Crippen LogP contribution in [-0.4, -0.2) is 145 Å². The Bertz CT molecular complexity index is 2310. The first-order chi connectivity index (χ1) is 35.7. The van der Waals surface area contributed by atoms with Gasteiger partial charge in [0.05, 0.1) is 125 Å². The van der Waals surface area contributed by atoms with Gasteiger partial charge in [-0.1, -0.05) is 12.8 Å². The minimum absolute atomic E-state index is 0. The topological polar surface area (TPSA) is 145 Å². The average molecular weight is 1100 g/mol. The predicted octanol–water partition coefficient (Wildman–Crippen LogP) is 3.26. The molecule has 4 aromatic rings. The van der Waals surface area contributed by atoms with Gasteiger partial charge in [0, 0.05) is 62.5 Å². The van der Waals surface area contributed by atoms with Crippen LogP contribution in [0.3, 0.4) is 0 Å². The Balaban J connectivity index is 0.00000624. The SMILES string of the molecule is COc1cc2c(cc1OC)[C@@H](Cc1cc(OC)c(OC)c(OC)c1)[N@+](C)(CCCOC(=O)CCCCCCC(=O)OCCC[N@+]1(C)CCc3cc(OC)c(OC)cc3[C@H]1Cc1cc(OC)c(OC)c(OC)c1)CC2.[Cl-].[Cl-]. The van der Waals surface area contributed by atoms with Crippen LogP contribution in [0.1, 0.15) is 96.8 Å². The lowest BCUT2D eigenvalue weighted by Crippen LogP contribution is -3.00. The number of rotatable bonds is 29. The number of likely N-dealkylation sites (N-methyl/N-ethyl adjacent to an activating group) is 2. The van der Waals surface area contributed by atoms with Crippen molar-refractivity contribution in [2.24, 2.45) is 0 Å². The summed E-state index contributed by atoms with van der Waals surface area (Å²) in [5.74, 6) is 5.96. The number of carbonyl (C=O) groups excluding carboxylic acids is 2. The predicted molar refractivity (Wildman–Crippen MR) is 282 cm³/mol. The molecule has 2 aliphatic rings. The quantitative estimate of drug-likeness (QED) is 0.0446. The molecule has 0 fully saturated rings. The standard InChI is InChI=1S/C58H82N2O14.2ClH/c1-59(25-21-41-35-47(63-3)49(65-5)37-43(41)45(59)29-39-31-51(67-7)57(71-11)52(32-39)68-8)23-17-27-73-55(61)19-15-13-14-16-20-56(62)74-28-18-24-60(2)26-22-42-36-48(64-4)50(66-6)38-44(42)46(60)30-40-33-53(69-9)58(72-12)54(34-40)70-10;;/h31-38,45-46H,13-30H2,1-12H3;2*1H/q+2;;/p-2/t45-,46-,59-,60-;;/m1../s1. The van der Waals surface area contributed by atoms with Crippen molar-refractivity contribution in [3.63, 3.8) is 0 Å². The van der Waals surface area contributed by atoms with E-state index < -0.39 is 0 Å². The van der Waals surface area contributed by atoms with Gasteiger partial charge in [-0.15, -0.1) is 0 Å². The number of hydrogen-bond donors (Lipinski definition) is 0. The molecule has 0 unspecified atom stereocenters.